The number of aliphatic hydroxyl groups excluding tert-OH is 1. The Morgan fingerprint density at radius 1 is 1.40 bits per heavy atom. The van der Waals surface area contributed by atoms with E-state index in [2.05, 4.69) is 0 Å². The van der Waals surface area contributed by atoms with Crippen molar-refractivity contribution in [3.63, 3.8) is 0 Å². The first-order valence-corrected chi connectivity index (χ1v) is 7.29. The van der Waals surface area contributed by atoms with Gasteiger partial charge < -0.3 is 5.11 Å². The summed E-state index contributed by atoms with van der Waals surface area (Å²) in [4.78, 5) is 0. The molecule has 2 atom stereocenters. The number of halogens is 2. The van der Waals surface area contributed by atoms with Gasteiger partial charge in [0.25, 0.3) is 0 Å². The highest BCUT2D eigenvalue weighted by Crippen LogP contribution is 2.28. The summed E-state index contributed by atoms with van der Waals surface area (Å²) in [5.41, 5.74) is 0.00215. The van der Waals surface area contributed by atoms with E-state index < -0.39 is 25.0 Å². The van der Waals surface area contributed by atoms with E-state index in [4.69, 9.17) is 0 Å². The summed E-state index contributed by atoms with van der Waals surface area (Å²) in [6, 6.07) is 5.59. The number of rotatable bonds is 3. The maximum Gasteiger partial charge on any atom is 0.162 e. The number of alkyl halides is 1. The van der Waals surface area contributed by atoms with Gasteiger partial charge in [-0.1, -0.05) is 40.8 Å². The second-order valence-corrected chi connectivity index (χ2v) is 7.50. The van der Waals surface area contributed by atoms with E-state index in [1.54, 1.807) is 28.7 Å². The number of hydrogen-bond acceptors (Lipinski definition) is 3. The second kappa shape index (κ2) is 4.75. The zero-order valence-corrected chi connectivity index (χ0v) is 10.9. The molecule has 0 saturated carbocycles. The molecule has 0 spiro atoms. The minimum absolute atomic E-state index is 0.00215. The van der Waals surface area contributed by atoms with Crippen molar-refractivity contribution in [2.75, 3.05) is 6.26 Å². The highest BCUT2D eigenvalue weighted by atomic mass is 127. The Balaban J connectivity index is 3.06. The van der Waals surface area contributed by atoms with Gasteiger partial charge in [-0.3, -0.25) is 0 Å². The largest absolute Gasteiger partial charge is 0.386 e. The normalized spacial score (nSPS) is 16.0. The van der Waals surface area contributed by atoms with E-state index in [1.807, 2.05) is 0 Å². The minimum atomic E-state index is -3.40. The summed E-state index contributed by atoms with van der Waals surface area (Å²) < 4.78 is 34.5. The third-order valence-corrected chi connectivity index (χ3v) is 6.41. The van der Waals surface area contributed by atoms with E-state index in [-0.39, 0.29) is 5.56 Å². The number of sulfone groups is 1. The fourth-order valence-corrected chi connectivity index (χ4v) is 2.09. The van der Waals surface area contributed by atoms with Crippen molar-refractivity contribution in [2.24, 2.45) is 0 Å². The Morgan fingerprint density at radius 3 is 2.40 bits per heavy atom. The highest BCUT2D eigenvalue weighted by molar-refractivity contribution is 14.1. The molecule has 15 heavy (non-hydrogen) atoms. The molecular formula is C9H10FIO3S. The molecule has 0 heterocycles. The van der Waals surface area contributed by atoms with Gasteiger partial charge in [0, 0.05) is 11.8 Å². The zero-order chi connectivity index (χ0) is 11.6. The smallest absolute Gasteiger partial charge is 0.162 e. The predicted molar refractivity (Wildman–Crippen MR) is 64.0 cm³/mol. The monoisotopic (exact) mass is 344 g/mol. The summed E-state index contributed by atoms with van der Waals surface area (Å²) >= 11 is 1.59. The van der Waals surface area contributed by atoms with Gasteiger partial charge in [-0.25, -0.2) is 12.8 Å². The van der Waals surface area contributed by atoms with Crippen molar-refractivity contribution in [3.05, 3.63) is 35.6 Å². The fraction of sp³-hybridized carbons (Fsp3) is 0.333. The second-order valence-electron chi connectivity index (χ2n) is 3.15. The van der Waals surface area contributed by atoms with Gasteiger partial charge in [0.2, 0.25) is 0 Å². The van der Waals surface area contributed by atoms with Crippen molar-refractivity contribution >= 4 is 32.4 Å². The number of hydrogen-bond donors (Lipinski definition) is 1. The lowest BCUT2D eigenvalue weighted by atomic mass is 10.1. The molecule has 0 fully saturated rings. The quantitative estimate of drug-likeness (QED) is 0.670. The van der Waals surface area contributed by atoms with Crippen LogP contribution in [0.2, 0.25) is 0 Å². The van der Waals surface area contributed by atoms with Crippen LogP contribution in [0.15, 0.2) is 24.3 Å². The van der Waals surface area contributed by atoms with Crippen LogP contribution in [-0.4, -0.2) is 23.0 Å². The van der Waals surface area contributed by atoms with Crippen LogP contribution in [0.3, 0.4) is 0 Å². The molecular weight excluding hydrogens is 334 g/mol. The Kier molecular flexibility index (Phi) is 4.07. The van der Waals surface area contributed by atoms with Gasteiger partial charge in [0.1, 0.15) is 15.2 Å². The Morgan fingerprint density at radius 2 is 1.93 bits per heavy atom. The molecule has 0 aromatic heterocycles. The average Bonchev–Trinajstić information content (AvgIpc) is 2.15. The molecule has 3 nitrogen and oxygen atoms in total. The Bertz CT molecular complexity index is 446. The third kappa shape index (κ3) is 3.12. The van der Waals surface area contributed by atoms with Crippen molar-refractivity contribution in [1.82, 2.24) is 0 Å². The van der Waals surface area contributed by atoms with E-state index in [0.717, 1.165) is 6.26 Å². The molecule has 84 valence electrons. The molecule has 0 radical (unpaired) electrons. The van der Waals surface area contributed by atoms with Crippen LogP contribution in [0, 0.1) is 5.82 Å². The summed E-state index contributed by atoms with van der Waals surface area (Å²) in [7, 11) is -3.40. The molecule has 0 aliphatic rings. The van der Waals surface area contributed by atoms with Crippen LogP contribution in [0.1, 0.15) is 11.7 Å². The number of benzene rings is 1. The topological polar surface area (TPSA) is 54.4 Å². The minimum Gasteiger partial charge on any atom is -0.386 e. The van der Waals surface area contributed by atoms with Gasteiger partial charge in [-0.2, -0.15) is 0 Å². The van der Waals surface area contributed by atoms with Gasteiger partial charge in [-0.15, -0.1) is 0 Å². The maximum atomic E-state index is 13.2. The van der Waals surface area contributed by atoms with Gasteiger partial charge in [0.15, 0.2) is 9.84 Å². The lowest BCUT2D eigenvalue weighted by Gasteiger charge is -2.16. The lowest BCUT2D eigenvalue weighted by molar-refractivity contribution is 0.192. The van der Waals surface area contributed by atoms with Crippen LogP contribution in [0.4, 0.5) is 4.39 Å². The third-order valence-electron chi connectivity index (χ3n) is 1.88. The van der Waals surface area contributed by atoms with E-state index in [0.29, 0.717) is 0 Å². The van der Waals surface area contributed by atoms with Crippen LogP contribution in [0.5, 0.6) is 0 Å². The Hall–Kier alpha value is -0.210. The van der Waals surface area contributed by atoms with E-state index in [9.17, 15) is 17.9 Å². The molecule has 1 aromatic rings. The molecule has 0 aliphatic heterocycles. The van der Waals surface area contributed by atoms with Crippen molar-refractivity contribution < 1.29 is 17.9 Å². The molecule has 1 N–H and O–H groups in total. The highest BCUT2D eigenvalue weighted by Gasteiger charge is 2.28. The molecule has 1 aromatic carbocycles. The van der Waals surface area contributed by atoms with Crippen LogP contribution < -0.4 is 0 Å². The van der Waals surface area contributed by atoms with Crippen LogP contribution in [-0.2, 0) is 9.84 Å². The zero-order valence-electron chi connectivity index (χ0n) is 7.89. The summed E-state index contributed by atoms with van der Waals surface area (Å²) in [5, 5.41) is 9.68. The first-order valence-electron chi connectivity index (χ1n) is 4.09. The molecule has 0 unspecified atom stereocenters. The van der Waals surface area contributed by atoms with Crippen LogP contribution >= 0.6 is 22.6 Å². The van der Waals surface area contributed by atoms with E-state index in [1.165, 1.54) is 18.2 Å². The maximum absolute atomic E-state index is 13.2. The fourth-order valence-electron chi connectivity index (χ4n) is 1.09. The molecule has 0 amide bonds. The van der Waals surface area contributed by atoms with Crippen LogP contribution in [0.25, 0.3) is 0 Å². The lowest BCUT2D eigenvalue weighted by Crippen LogP contribution is -2.22. The first kappa shape index (κ1) is 12.9. The predicted octanol–water partition coefficient (Wildman–Crippen LogP) is 1.66. The van der Waals surface area contributed by atoms with Crippen molar-refractivity contribution in [1.29, 1.82) is 0 Å². The summed E-state index contributed by atoms with van der Waals surface area (Å²) in [6.45, 7) is 0. The van der Waals surface area contributed by atoms with E-state index >= 15 is 0 Å². The van der Waals surface area contributed by atoms with Gasteiger partial charge in [-0.05, 0) is 6.07 Å². The standard InChI is InChI=1S/C9H10FIO3S/c1-15(13,14)9(11)8(12)6-4-2-3-5-7(6)10/h2-5,8-9,12H,1H3/t8-,9-/m0/s1. The molecule has 0 saturated heterocycles. The number of aliphatic hydroxyl groups is 1. The average molecular weight is 344 g/mol. The Labute approximate surface area is 101 Å². The molecule has 1 rings (SSSR count). The van der Waals surface area contributed by atoms with Gasteiger partial charge >= 0.3 is 0 Å². The molecule has 0 bridgehead atoms. The summed E-state index contributed by atoms with van der Waals surface area (Å²) in [5.74, 6) is -0.602. The first-order chi connectivity index (χ1) is 6.84. The van der Waals surface area contributed by atoms with Gasteiger partial charge in [0.05, 0.1) is 0 Å². The summed E-state index contributed by atoms with van der Waals surface area (Å²) in [6.07, 6.45) is -0.337. The SMILES string of the molecule is CS(=O)(=O)[C@H](I)[C@@H](O)c1ccccc1F. The molecule has 0 aliphatic carbocycles. The van der Waals surface area contributed by atoms with Crippen molar-refractivity contribution in [3.8, 4) is 0 Å². The molecule has 6 heteroatoms. The van der Waals surface area contributed by atoms with Crippen molar-refractivity contribution in [2.45, 2.75) is 9.36 Å².